The molecular formula is C18H19N5O. The Balaban J connectivity index is 1.81. The zero-order chi connectivity index (χ0) is 16.4. The minimum Gasteiger partial charge on any atom is -0.378 e. The van der Waals surface area contributed by atoms with E-state index in [9.17, 15) is 0 Å². The second-order valence-corrected chi connectivity index (χ2v) is 5.84. The predicted octanol–water partition coefficient (Wildman–Crippen LogP) is 2.47. The predicted molar refractivity (Wildman–Crippen MR) is 92.4 cm³/mol. The lowest BCUT2D eigenvalue weighted by Gasteiger charge is -2.28. The molecule has 24 heavy (non-hydrogen) atoms. The largest absolute Gasteiger partial charge is 0.378 e. The van der Waals surface area contributed by atoms with E-state index in [-0.39, 0.29) is 0 Å². The molecule has 1 aliphatic heterocycles. The molecule has 0 saturated carbocycles. The summed E-state index contributed by atoms with van der Waals surface area (Å²) in [5, 5.41) is 4.39. The van der Waals surface area contributed by atoms with Crippen LogP contribution in [0.4, 0.5) is 5.82 Å². The number of ether oxygens (including phenoxy) is 1. The Morgan fingerprint density at radius 3 is 2.46 bits per heavy atom. The topological polar surface area (TPSA) is 56.1 Å². The number of nitrogens with zero attached hydrogens (tertiary/aromatic N) is 5. The van der Waals surface area contributed by atoms with E-state index in [4.69, 9.17) is 14.7 Å². The van der Waals surface area contributed by atoms with Gasteiger partial charge in [-0.15, -0.1) is 0 Å². The molecule has 0 radical (unpaired) electrons. The van der Waals surface area contributed by atoms with Crippen LogP contribution in [0.25, 0.3) is 17.2 Å². The summed E-state index contributed by atoms with van der Waals surface area (Å²) in [6.07, 6.45) is 3.80. The zero-order valence-electron chi connectivity index (χ0n) is 13.6. The molecule has 0 aliphatic carbocycles. The number of aryl methyl sites for hydroxylation is 1. The highest BCUT2D eigenvalue weighted by molar-refractivity contribution is 5.59. The SMILES string of the molecule is Cc1cnn(-c2cc(N3CCOCC3)nc(-c3ccccc3)n2)c1. The highest BCUT2D eigenvalue weighted by Crippen LogP contribution is 2.22. The second kappa shape index (κ2) is 6.41. The minimum absolute atomic E-state index is 0.711. The van der Waals surface area contributed by atoms with Gasteiger partial charge in [0, 0.05) is 30.9 Å². The van der Waals surface area contributed by atoms with E-state index >= 15 is 0 Å². The van der Waals surface area contributed by atoms with E-state index in [1.165, 1.54) is 0 Å². The van der Waals surface area contributed by atoms with E-state index in [1.807, 2.05) is 55.7 Å². The van der Waals surface area contributed by atoms with E-state index in [2.05, 4.69) is 10.00 Å². The maximum absolute atomic E-state index is 5.45. The number of morpholine rings is 1. The lowest BCUT2D eigenvalue weighted by atomic mass is 10.2. The fourth-order valence-electron chi connectivity index (χ4n) is 2.75. The number of rotatable bonds is 3. The molecule has 1 aromatic carbocycles. The van der Waals surface area contributed by atoms with Crippen LogP contribution in [0.5, 0.6) is 0 Å². The van der Waals surface area contributed by atoms with Gasteiger partial charge in [0.25, 0.3) is 0 Å². The molecule has 0 amide bonds. The van der Waals surface area contributed by atoms with Crippen molar-refractivity contribution >= 4 is 5.82 Å². The summed E-state index contributed by atoms with van der Waals surface area (Å²) in [5.74, 6) is 2.40. The number of anilines is 1. The van der Waals surface area contributed by atoms with Crippen LogP contribution in [0.2, 0.25) is 0 Å². The molecule has 0 spiro atoms. The van der Waals surface area contributed by atoms with E-state index in [0.29, 0.717) is 5.82 Å². The van der Waals surface area contributed by atoms with Crippen molar-refractivity contribution in [2.75, 3.05) is 31.2 Å². The third-order valence-electron chi connectivity index (χ3n) is 4.01. The molecule has 1 saturated heterocycles. The van der Waals surface area contributed by atoms with E-state index < -0.39 is 0 Å². The molecule has 3 heterocycles. The lowest BCUT2D eigenvalue weighted by molar-refractivity contribution is 0.122. The van der Waals surface area contributed by atoms with Gasteiger partial charge in [0.05, 0.1) is 19.4 Å². The van der Waals surface area contributed by atoms with Gasteiger partial charge in [0.2, 0.25) is 0 Å². The Morgan fingerprint density at radius 1 is 1.00 bits per heavy atom. The standard InChI is InChI=1S/C18H19N5O/c1-14-12-19-23(13-14)17-11-16(22-7-9-24-10-8-22)20-18(21-17)15-5-3-2-4-6-15/h2-6,11-13H,7-10H2,1H3. The van der Waals surface area contributed by atoms with Crippen LogP contribution in [0.3, 0.4) is 0 Å². The van der Waals surface area contributed by atoms with Gasteiger partial charge in [0.1, 0.15) is 5.82 Å². The molecule has 0 atom stereocenters. The molecule has 1 aliphatic rings. The monoisotopic (exact) mass is 321 g/mol. The maximum atomic E-state index is 5.45. The van der Waals surface area contributed by atoms with Gasteiger partial charge in [0.15, 0.2) is 11.6 Å². The van der Waals surface area contributed by atoms with Crippen molar-refractivity contribution in [2.45, 2.75) is 6.92 Å². The average molecular weight is 321 g/mol. The second-order valence-electron chi connectivity index (χ2n) is 5.84. The van der Waals surface area contributed by atoms with Crippen molar-refractivity contribution in [3.8, 4) is 17.2 Å². The summed E-state index contributed by atoms with van der Waals surface area (Å²) < 4.78 is 7.25. The summed E-state index contributed by atoms with van der Waals surface area (Å²) in [5.41, 5.74) is 2.10. The van der Waals surface area contributed by atoms with Gasteiger partial charge in [-0.3, -0.25) is 0 Å². The fourth-order valence-corrected chi connectivity index (χ4v) is 2.75. The van der Waals surface area contributed by atoms with Crippen LogP contribution >= 0.6 is 0 Å². The smallest absolute Gasteiger partial charge is 0.163 e. The number of hydrogen-bond acceptors (Lipinski definition) is 5. The summed E-state index contributed by atoms with van der Waals surface area (Å²) in [7, 11) is 0. The Bertz CT molecular complexity index is 824. The molecule has 0 unspecified atom stereocenters. The molecule has 1 fully saturated rings. The number of hydrogen-bond donors (Lipinski definition) is 0. The highest BCUT2D eigenvalue weighted by atomic mass is 16.5. The van der Waals surface area contributed by atoms with Crippen LogP contribution in [0, 0.1) is 6.92 Å². The Hall–Kier alpha value is -2.73. The van der Waals surface area contributed by atoms with Crippen molar-refractivity contribution in [3.05, 3.63) is 54.4 Å². The third kappa shape index (κ3) is 3.00. The quantitative estimate of drug-likeness (QED) is 0.742. The molecule has 6 nitrogen and oxygen atoms in total. The van der Waals surface area contributed by atoms with Crippen LogP contribution in [-0.4, -0.2) is 46.1 Å². The van der Waals surface area contributed by atoms with Gasteiger partial charge in [-0.25, -0.2) is 14.6 Å². The van der Waals surface area contributed by atoms with Crippen LogP contribution < -0.4 is 4.90 Å². The van der Waals surface area contributed by atoms with Gasteiger partial charge in [-0.2, -0.15) is 5.10 Å². The van der Waals surface area contributed by atoms with Crippen LogP contribution in [0.15, 0.2) is 48.8 Å². The molecule has 0 bridgehead atoms. The molecule has 4 rings (SSSR count). The lowest BCUT2D eigenvalue weighted by Crippen LogP contribution is -2.37. The number of aromatic nitrogens is 4. The molecular weight excluding hydrogens is 302 g/mol. The molecule has 3 aromatic rings. The Morgan fingerprint density at radius 2 is 1.75 bits per heavy atom. The highest BCUT2D eigenvalue weighted by Gasteiger charge is 2.16. The Kier molecular flexibility index (Phi) is 3.96. The normalized spacial score (nSPS) is 14.8. The molecule has 6 heteroatoms. The Labute approximate surface area is 140 Å². The van der Waals surface area contributed by atoms with Crippen molar-refractivity contribution in [1.82, 2.24) is 19.7 Å². The molecule has 2 aromatic heterocycles. The molecule has 122 valence electrons. The van der Waals surface area contributed by atoms with Crippen LogP contribution in [0.1, 0.15) is 5.56 Å². The van der Waals surface area contributed by atoms with Gasteiger partial charge < -0.3 is 9.64 Å². The third-order valence-corrected chi connectivity index (χ3v) is 4.01. The fraction of sp³-hybridized carbons (Fsp3) is 0.278. The summed E-state index contributed by atoms with van der Waals surface area (Å²) in [6.45, 7) is 5.14. The minimum atomic E-state index is 0.711. The first-order valence-corrected chi connectivity index (χ1v) is 8.08. The first kappa shape index (κ1) is 14.8. The average Bonchev–Trinajstić information content (AvgIpc) is 3.09. The van der Waals surface area contributed by atoms with Crippen molar-refractivity contribution in [3.63, 3.8) is 0 Å². The van der Waals surface area contributed by atoms with Gasteiger partial charge >= 0.3 is 0 Å². The molecule has 0 N–H and O–H groups in total. The summed E-state index contributed by atoms with van der Waals surface area (Å²) in [4.78, 5) is 11.7. The first-order chi connectivity index (χ1) is 11.8. The zero-order valence-corrected chi connectivity index (χ0v) is 13.6. The number of benzene rings is 1. The van der Waals surface area contributed by atoms with Crippen molar-refractivity contribution in [1.29, 1.82) is 0 Å². The van der Waals surface area contributed by atoms with Gasteiger partial charge in [-0.05, 0) is 12.5 Å². The van der Waals surface area contributed by atoms with Crippen LogP contribution in [-0.2, 0) is 4.74 Å². The van der Waals surface area contributed by atoms with Crippen molar-refractivity contribution in [2.24, 2.45) is 0 Å². The summed E-state index contributed by atoms with van der Waals surface area (Å²) in [6, 6.07) is 12.0. The van der Waals surface area contributed by atoms with E-state index in [0.717, 1.165) is 49.1 Å². The van der Waals surface area contributed by atoms with Gasteiger partial charge in [-0.1, -0.05) is 30.3 Å². The van der Waals surface area contributed by atoms with E-state index in [1.54, 1.807) is 4.68 Å². The van der Waals surface area contributed by atoms with Crippen molar-refractivity contribution < 1.29 is 4.74 Å². The maximum Gasteiger partial charge on any atom is 0.163 e. The first-order valence-electron chi connectivity index (χ1n) is 8.08. The summed E-state index contributed by atoms with van der Waals surface area (Å²) >= 11 is 0.